The Labute approximate surface area is 345 Å². The summed E-state index contributed by atoms with van der Waals surface area (Å²) in [6.45, 7) is 15.2. The van der Waals surface area contributed by atoms with E-state index in [0.29, 0.717) is 0 Å². The number of rotatable bonds is 14. The first-order chi connectivity index (χ1) is 27.5. The summed E-state index contributed by atoms with van der Waals surface area (Å²) in [6.07, 6.45) is 12.4. The number of benzene rings is 2. The highest BCUT2D eigenvalue weighted by Crippen LogP contribution is 2.55. The van der Waals surface area contributed by atoms with Crippen molar-refractivity contribution in [3.8, 4) is 0 Å². The van der Waals surface area contributed by atoms with Crippen molar-refractivity contribution in [3.63, 3.8) is 0 Å². The topological polar surface area (TPSA) is 124 Å². The molecule has 0 saturated carbocycles. The van der Waals surface area contributed by atoms with Crippen molar-refractivity contribution >= 4 is 24.2 Å². The third kappa shape index (κ3) is 8.66. The number of unbranched alkanes of at least 4 members (excludes halogenated alkanes) is 8. The highest BCUT2D eigenvalue weighted by atomic mass is 16.6. The van der Waals surface area contributed by atoms with Gasteiger partial charge in [0, 0.05) is 24.2 Å². The van der Waals surface area contributed by atoms with Crippen molar-refractivity contribution < 1.29 is 28.7 Å². The van der Waals surface area contributed by atoms with E-state index in [1.807, 2.05) is 12.1 Å². The zero-order valence-corrected chi connectivity index (χ0v) is 36.2. The minimum atomic E-state index is -1.35. The van der Waals surface area contributed by atoms with Gasteiger partial charge in [0.2, 0.25) is 0 Å². The smallest absolute Gasteiger partial charge is 0.429 e. The molecule has 2 N–H and O–H groups in total. The van der Waals surface area contributed by atoms with Gasteiger partial charge in [0.25, 0.3) is 0 Å². The minimum absolute atomic E-state index is 0.0320. The maximum absolute atomic E-state index is 14.6. The maximum atomic E-state index is 14.6. The van der Waals surface area contributed by atoms with Gasteiger partial charge in [0.05, 0.1) is 13.1 Å². The van der Waals surface area contributed by atoms with Crippen LogP contribution in [0.4, 0.5) is 19.2 Å². The van der Waals surface area contributed by atoms with Gasteiger partial charge in [-0.15, -0.1) is 0 Å². The van der Waals surface area contributed by atoms with Gasteiger partial charge < -0.3 is 20.1 Å². The molecule has 12 nitrogen and oxygen atoms in total. The number of hydrogen-bond donors (Lipinski definition) is 2. The lowest BCUT2D eigenvalue weighted by Gasteiger charge is -2.46. The average molecular weight is 799 g/mol. The van der Waals surface area contributed by atoms with Crippen LogP contribution in [0, 0.1) is 0 Å². The number of urea groups is 2. The summed E-state index contributed by atoms with van der Waals surface area (Å²) >= 11 is 0. The molecule has 0 aliphatic carbocycles. The third-order valence-electron chi connectivity index (χ3n) is 11.6. The number of ether oxygens (including phenoxy) is 2. The molecule has 2 saturated heterocycles. The molecule has 2 fully saturated rings. The first-order valence-corrected chi connectivity index (χ1v) is 21.6. The second-order valence-corrected chi connectivity index (χ2v) is 18.5. The molecule has 4 aliphatic heterocycles. The zero-order chi connectivity index (χ0) is 41.9. The van der Waals surface area contributed by atoms with E-state index in [-0.39, 0.29) is 38.2 Å². The fraction of sp³-hybridized carbons (Fsp3) is 0.609. The highest BCUT2D eigenvalue weighted by molar-refractivity contribution is 5.90. The lowest BCUT2D eigenvalue weighted by molar-refractivity contribution is -0.0602. The first-order valence-electron chi connectivity index (χ1n) is 21.6. The molecule has 0 unspecified atom stereocenters. The zero-order valence-electron chi connectivity index (χ0n) is 36.2. The van der Waals surface area contributed by atoms with Crippen molar-refractivity contribution in [2.75, 3.05) is 26.2 Å². The fourth-order valence-electron chi connectivity index (χ4n) is 8.86. The largest absolute Gasteiger partial charge is 0.442 e. The number of carbonyl (C=O) groups is 4. The number of hydrazine groups is 1. The van der Waals surface area contributed by atoms with Crippen molar-refractivity contribution in [1.29, 1.82) is 0 Å². The van der Waals surface area contributed by atoms with Crippen molar-refractivity contribution in [1.82, 2.24) is 30.5 Å². The van der Waals surface area contributed by atoms with Crippen LogP contribution in [0.15, 0.2) is 59.7 Å². The van der Waals surface area contributed by atoms with E-state index in [4.69, 9.17) is 9.47 Å². The molecule has 58 heavy (non-hydrogen) atoms. The van der Waals surface area contributed by atoms with Crippen LogP contribution < -0.4 is 10.6 Å². The Morgan fingerprint density at radius 3 is 1.33 bits per heavy atom. The van der Waals surface area contributed by atoms with Crippen molar-refractivity contribution in [2.24, 2.45) is 0 Å². The molecule has 0 atom stereocenters. The second kappa shape index (κ2) is 17.2. The lowest BCUT2D eigenvalue weighted by atomic mass is 9.80. The Morgan fingerprint density at radius 2 is 0.948 bits per heavy atom. The molecule has 0 radical (unpaired) electrons. The lowest BCUT2D eigenvalue weighted by Crippen LogP contribution is -2.62. The minimum Gasteiger partial charge on any atom is -0.442 e. The van der Waals surface area contributed by atoms with Crippen molar-refractivity contribution in [2.45, 2.75) is 155 Å². The Hall–Kier alpha value is -4.74. The molecule has 4 heterocycles. The standard InChI is InChI=1S/C46H66N6O6/c1-9-11-13-15-17-19-33-21-25-37(26-22-33)45-46(38-27-23-34(24-28-38)20-18-16-14-12-10-2)49(39(53)47-45)29-35-31-51(41(55)57-43(3,4)5)52(42(56)58-44(6,7)8)32-36(35)30-50(46)40(54)48-45/h21-28H,9-20,29-32H2,1-8H3,(H,47,53)(H,48,54). The van der Waals surface area contributed by atoms with Crippen LogP contribution in [0.2, 0.25) is 0 Å². The van der Waals surface area contributed by atoms with E-state index < -0.39 is 34.7 Å². The van der Waals surface area contributed by atoms with E-state index in [1.54, 1.807) is 51.3 Å². The molecule has 4 aliphatic rings. The molecule has 12 heteroatoms. The molecule has 316 valence electrons. The average Bonchev–Trinajstić information content (AvgIpc) is 3.45. The predicted octanol–water partition coefficient (Wildman–Crippen LogP) is 9.48. The van der Waals surface area contributed by atoms with Crippen LogP contribution >= 0.6 is 0 Å². The van der Waals surface area contributed by atoms with Gasteiger partial charge in [0.15, 0.2) is 11.3 Å². The third-order valence-corrected chi connectivity index (χ3v) is 11.6. The second-order valence-electron chi connectivity index (χ2n) is 18.5. The Bertz CT molecular complexity index is 1770. The van der Waals surface area contributed by atoms with Crippen LogP contribution in [-0.2, 0) is 33.6 Å². The molecule has 2 aromatic rings. The van der Waals surface area contributed by atoms with E-state index in [1.165, 1.54) is 72.5 Å². The number of carbonyl (C=O) groups excluding carboxylic acids is 4. The molecular formula is C46H66N6O6. The van der Waals surface area contributed by atoms with Crippen LogP contribution in [0.25, 0.3) is 0 Å². The van der Waals surface area contributed by atoms with Crippen LogP contribution in [0.1, 0.15) is 142 Å². The molecule has 6 rings (SSSR count). The normalized spacial score (nSPS) is 21.7. The molecule has 2 aromatic carbocycles. The van der Waals surface area contributed by atoms with Crippen LogP contribution in [0.5, 0.6) is 0 Å². The van der Waals surface area contributed by atoms with Gasteiger partial charge >= 0.3 is 24.2 Å². The monoisotopic (exact) mass is 799 g/mol. The van der Waals surface area contributed by atoms with Crippen molar-refractivity contribution in [3.05, 3.63) is 81.9 Å². The van der Waals surface area contributed by atoms with Gasteiger partial charge in [-0.05, 0) is 89.5 Å². The fourth-order valence-corrected chi connectivity index (χ4v) is 8.86. The van der Waals surface area contributed by atoms with Crippen LogP contribution in [-0.4, -0.2) is 81.4 Å². The summed E-state index contributed by atoms with van der Waals surface area (Å²) in [5.74, 6) is 0. The van der Waals surface area contributed by atoms with E-state index >= 15 is 0 Å². The number of hydrogen-bond acceptors (Lipinski definition) is 6. The van der Waals surface area contributed by atoms with E-state index in [2.05, 4.69) is 60.9 Å². The predicted molar refractivity (Wildman–Crippen MR) is 225 cm³/mol. The summed E-state index contributed by atoms with van der Waals surface area (Å²) in [6, 6.07) is 16.0. The van der Waals surface area contributed by atoms with Crippen LogP contribution in [0.3, 0.4) is 0 Å². The summed E-state index contributed by atoms with van der Waals surface area (Å²) in [5, 5.41) is 9.09. The molecule has 0 aromatic heterocycles. The van der Waals surface area contributed by atoms with Gasteiger partial charge in [-0.2, -0.15) is 0 Å². The summed E-state index contributed by atoms with van der Waals surface area (Å²) < 4.78 is 11.6. The first kappa shape index (κ1) is 42.9. The van der Waals surface area contributed by atoms with E-state index in [0.717, 1.165) is 48.0 Å². The van der Waals surface area contributed by atoms with E-state index in [9.17, 15) is 19.2 Å². The molecule has 0 spiro atoms. The number of aryl methyl sites for hydroxylation is 2. The quantitative estimate of drug-likeness (QED) is 0.145. The summed E-state index contributed by atoms with van der Waals surface area (Å²) in [7, 11) is 0. The molecule has 6 amide bonds. The number of nitrogens with zero attached hydrogens (tertiary/aromatic N) is 4. The Kier molecular flexibility index (Phi) is 12.7. The van der Waals surface area contributed by atoms with Gasteiger partial charge in [-0.3, -0.25) is 9.80 Å². The Morgan fingerprint density at radius 1 is 0.569 bits per heavy atom. The molecule has 0 bridgehead atoms. The number of amides is 6. The SMILES string of the molecule is CCCCCCCc1ccc(C23NC(=O)N4CC5=C(CN(C(=O)OC(C)(C)C)N(C(=O)OC(C)(C)C)C5)CN(C(=O)N2)C43c2ccc(CCCCCCC)cc2)cc1. The maximum Gasteiger partial charge on any atom is 0.429 e. The molecular weight excluding hydrogens is 733 g/mol. The van der Waals surface area contributed by atoms with Gasteiger partial charge in [0.1, 0.15) is 11.2 Å². The van der Waals surface area contributed by atoms with Gasteiger partial charge in [-0.25, -0.2) is 29.2 Å². The van der Waals surface area contributed by atoms with Gasteiger partial charge in [-0.1, -0.05) is 114 Å². The number of nitrogens with one attached hydrogen (secondary N) is 2. The summed E-state index contributed by atoms with van der Waals surface area (Å²) in [4.78, 5) is 60.4. The Balaban J connectivity index is 1.41. The highest BCUT2D eigenvalue weighted by Gasteiger charge is 2.74. The summed E-state index contributed by atoms with van der Waals surface area (Å²) in [5.41, 5.74) is 1.10.